The number of hydrogen-bond acceptors (Lipinski definition) is 3. The first-order valence-electron chi connectivity index (χ1n) is 4.29. The summed E-state index contributed by atoms with van der Waals surface area (Å²) in [6.45, 7) is 0. The largest absolute Gasteiger partial charge is 0.465 e. The Bertz CT molecular complexity index is 365. The molecule has 16 heavy (non-hydrogen) atoms. The lowest BCUT2D eigenvalue weighted by molar-refractivity contribution is -0.153. The molecule has 0 spiro atoms. The average Bonchev–Trinajstić information content (AvgIpc) is 2.28. The van der Waals surface area contributed by atoms with E-state index < -0.39 is 17.4 Å². The quantitative estimate of drug-likeness (QED) is 0.633. The van der Waals surface area contributed by atoms with E-state index in [0.29, 0.717) is 0 Å². The van der Waals surface area contributed by atoms with Crippen LogP contribution in [0.1, 0.15) is 10.4 Å². The first-order chi connectivity index (χ1) is 7.48. The summed E-state index contributed by atoms with van der Waals surface area (Å²) in [5.74, 6) is -0.545. The van der Waals surface area contributed by atoms with Gasteiger partial charge in [0.25, 0.3) is 0 Å². The Morgan fingerprint density at radius 3 is 2.38 bits per heavy atom. The molecule has 0 saturated carbocycles. The predicted octanol–water partition coefficient (Wildman–Crippen LogP) is 2.84. The fourth-order valence-corrected chi connectivity index (χ4v) is 1.09. The van der Waals surface area contributed by atoms with Crippen molar-refractivity contribution >= 4 is 21.9 Å². The number of carbonyl (C=O) groups excluding carboxylic acids is 1. The van der Waals surface area contributed by atoms with E-state index in [9.17, 15) is 13.6 Å². The monoisotopic (exact) mass is 294 g/mol. The maximum atomic E-state index is 12.8. The molecule has 1 rings (SSSR count). The van der Waals surface area contributed by atoms with Crippen molar-refractivity contribution in [3.05, 3.63) is 29.8 Å². The summed E-state index contributed by atoms with van der Waals surface area (Å²) in [5, 5.41) is -0.598. The van der Waals surface area contributed by atoms with Gasteiger partial charge in [0.2, 0.25) is 0 Å². The van der Waals surface area contributed by atoms with Crippen LogP contribution in [0.25, 0.3) is 0 Å². The Morgan fingerprint density at radius 2 is 1.94 bits per heavy atom. The highest BCUT2D eigenvalue weighted by molar-refractivity contribution is 9.09. The molecule has 0 bridgehead atoms. The standard InChI is InChI=1S/C10H9BrF2O3/c1-15-9(14)7-2-4-8(5-3-7)16-10(12,13)6-11/h2-5H,6H2,1H3. The van der Waals surface area contributed by atoms with E-state index in [2.05, 4.69) is 25.4 Å². The van der Waals surface area contributed by atoms with Crippen LogP contribution >= 0.6 is 15.9 Å². The molecule has 0 unspecified atom stereocenters. The summed E-state index contributed by atoms with van der Waals surface area (Å²) < 4.78 is 34.5. The van der Waals surface area contributed by atoms with E-state index >= 15 is 0 Å². The summed E-state index contributed by atoms with van der Waals surface area (Å²) in [6.07, 6.45) is -3.27. The molecule has 0 N–H and O–H groups in total. The number of alkyl halides is 3. The highest BCUT2D eigenvalue weighted by atomic mass is 79.9. The van der Waals surface area contributed by atoms with Gasteiger partial charge in [0, 0.05) is 0 Å². The summed E-state index contributed by atoms with van der Waals surface area (Å²) in [5.41, 5.74) is 0.275. The molecule has 0 aliphatic heterocycles. The first-order valence-corrected chi connectivity index (χ1v) is 5.42. The predicted molar refractivity (Wildman–Crippen MR) is 57.2 cm³/mol. The van der Waals surface area contributed by atoms with Crippen LogP contribution in [0.15, 0.2) is 24.3 Å². The van der Waals surface area contributed by atoms with Crippen molar-refractivity contribution in [3.63, 3.8) is 0 Å². The van der Waals surface area contributed by atoms with Crippen LogP contribution < -0.4 is 4.74 Å². The highest BCUT2D eigenvalue weighted by Crippen LogP contribution is 2.23. The molecule has 0 amide bonds. The number of hydrogen-bond donors (Lipinski definition) is 0. The molecule has 0 fully saturated rings. The fraction of sp³-hybridized carbons (Fsp3) is 0.300. The second kappa shape index (κ2) is 5.25. The lowest BCUT2D eigenvalue weighted by Crippen LogP contribution is -2.26. The summed E-state index contributed by atoms with van der Waals surface area (Å²) in [4.78, 5) is 11.0. The molecule has 1 aromatic rings. The third-order valence-corrected chi connectivity index (χ3v) is 2.35. The number of rotatable bonds is 4. The van der Waals surface area contributed by atoms with Crippen LogP contribution in [0.4, 0.5) is 8.78 Å². The summed E-state index contributed by atoms with van der Waals surface area (Å²) >= 11 is 2.63. The van der Waals surface area contributed by atoms with Gasteiger partial charge in [-0.25, -0.2) is 4.79 Å². The Kier molecular flexibility index (Phi) is 4.23. The van der Waals surface area contributed by atoms with Crippen molar-refractivity contribution in [2.75, 3.05) is 12.4 Å². The molecular weight excluding hydrogens is 286 g/mol. The van der Waals surface area contributed by atoms with Crippen LogP contribution in [-0.4, -0.2) is 24.5 Å². The van der Waals surface area contributed by atoms with Gasteiger partial charge in [-0.05, 0) is 24.3 Å². The van der Waals surface area contributed by atoms with Gasteiger partial charge < -0.3 is 9.47 Å². The van der Waals surface area contributed by atoms with Crippen molar-refractivity contribution in [1.29, 1.82) is 0 Å². The second-order valence-corrected chi connectivity index (χ2v) is 3.45. The molecule has 0 aliphatic carbocycles. The van der Waals surface area contributed by atoms with E-state index in [4.69, 9.17) is 0 Å². The van der Waals surface area contributed by atoms with Crippen molar-refractivity contribution in [3.8, 4) is 5.75 Å². The molecule has 0 atom stereocenters. The van der Waals surface area contributed by atoms with Crippen LogP contribution in [-0.2, 0) is 4.74 Å². The van der Waals surface area contributed by atoms with Gasteiger partial charge in [0.05, 0.1) is 12.7 Å². The van der Waals surface area contributed by atoms with Gasteiger partial charge >= 0.3 is 12.1 Å². The number of benzene rings is 1. The van der Waals surface area contributed by atoms with E-state index in [1.54, 1.807) is 0 Å². The summed E-state index contributed by atoms with van der Waals surface area (Å²) in [6, 6.07) is 5.27. The number of esters is 1. The van der Waals surface area contributed by atoms with Gasteiger partial charge in [-0.3, -0.25) is 0 Å². The minimum atomic E-state index is -3.27. The topological polar surface area (TPSA) is 35.5 Å². The molecule has 88 valence electrons. The SMILES string of the molecule is COC(=O)c1ccc(OC(F)(F)CBr)cc1. The van der Waals surface area contributed by atoms with Crippen molar-refractivity contribution in [2.45, 2.75) is 6.11 Å². The van der Waals surface area contributed by atoms with Crippen molar-refractivity contribution in [1.82, 2.24) is 0 Å². The smallest absolute Gasteiger partial charge is 0.407 e. The van der Waals surface area contributed by atoms with Crippen molar-refractivity contribution in [2.24, 2.45) is 0 Å². The maximum Gasteiger partial charge on any atom is 0.407 e. The molecule has 0 aliphatic rings. The first kappa shape index (κ1) is 12.9. The van der Waals surface area contributed by atoms with E-state index in [-0.39, 0.29) is 11.3 Å². The van der Waals surface area contributed by atoms with Gasteiger partial charge in [-0.1, -0.05) is 15.9 Å². The number of ether oxygens (including phenoxy) is 2. The van der Waals surface area contributed by atoms with Crippen LogP contribution in [0.2, 0.25) is 0 Å². The lowest BCUT2D eigenvalue weighted by atomic mass is 10.2. The minimum Gasteiger partial charge on any atom is -0.465 e. The van der Waals surface area contributed by atoms with E-state index in [1.807, 2.05) is 0 Å². The highest BCUT2D eigenvalue weighted by Gasteiger charge is 2.29. The van der Waals surface area contributed by atoms with Gasteiger partial charge in [-0.15, -0.1) is 0 Å². The third-order valence-electron chi connectivity index (χ3n) is 1.70. The Morgan fingerprint density at radius 1 is 1.38 bits per heavy atom. The molecule has 0 heterocycles. The molecule has 6 heteroatoms. The Balaban J connectivity index is 2.76. The fourth-order valence-electron chi connectivity index (χ4n) is 0.977. The maximum absolute atomic E-state index is 12.8. The van der Waals surface area contributed by atoms with Crippen LogP contribution in [0, 0.1) is 0 Å². The zero-order valence-corrected chi connectivity index (χ0v) is 9.96. The normalized spacial score (nSPS) is 11.0. The number of halogens is 3. The average molecular weight is 295 g/mol. The number of carbonyl (C=O) groups is 1. The molecule has 3 nitrogen and oxygen atoms in total. The van der Waals surface area contributed by atoms with Gasteiger partial charge in [0.15, 0.2) is 0 Å². The third kappa shape index (κ3) is 3.44. The van der Waals surface area contributed by atoms with E-state index in [1.165, 1.54) is 31.4 Å². The minimum absolute atomic E-state index is 0.0166. The zero-order valence-electron chi connectivity index (χ0n) is 8.38. The summed E-state index contributed by atoms with van der Waals surface area (Å²) in [7, 11) is 1.24. The second-order valence-electron chi connectivity index (χ2n) is 2.89. The number of methoxy groups -OCH3 is 1. The van der Waals surface area contributed by atoms with Gasteiger partial charge in [-0.2, -0.15) is 8.78 Å². The molecule has 1 aromatic carbocycles. The van der Waals surface area contributed by atoms with Gasteiger partial charge in [0.1, 0.15) is 11.1 Å². The molecular formula is C10H9BrF2O3. The van der Waals surface area contributed by atoms with E-state index in [0.717, 1.165) is 0 Å². The van der Waals surface area contributed by atoms with Crippen LogP contribution in [0.5, 0.6) is 5.75 Å². The molecule has 0 aromatic heterocycles. The van der Waals surface area contributed by atoms with Crippen molar-refractivity contribution < 1.29 is 23.0 Å². The molecule has 0 radical (unpaired) electrons. The zero-order chi connectivity index (χ0) is 12.2. The molecule has 0 saturated heterocycles. The van der Waals surface area contributed by atoms with Crippen LogP contribution in [0.3, 0.4) is 0 Å². The lowest BCUT2D eigenvalue weighted by Gasteiger charge is -2.15. The Hall–Kier alpha value is -1.17. The Labute approximate surface area is 99.5 Å².